The van der Waals surface area contributed by atoms with Gasteiger partial charge in [0.1, 0.15) is 12.1 Å². The number of aromatic nitrogens is 4. The molecule has 0 aliphatic carbocycles. The maximum Gasteiger partial charge on any atom is 0.338 e. The molecule has 0 aliphatic heterocycles. The van der Waals surface area contributed by atoms with Gasteiger partial charge in [0.2, 0.25) is 0 Å². The van der Waals surface area contributed by atoms with E-state index in [2.05, 4.69) is 20.8 Å². The Morgan fingerprint density at radius 1 is 1.15 bits per heavy atom. The highest BCUT2D eigenvalue weighted by atomic mass is 16.5. The first-order chi connectivity index (χ1) is 13.1. The molecule has 0 fully saturated rings. The van der Waals surface area contributed by atoms with Crippen molar-refractivity contribution in [2.75, 3.05) is 12.4 Å². The molecule has 9 heteroatoms. The number of hydrogen-bond donors (Lipinski definition) is 1. The standard InChI is InChI=1S/C18H17N5O4/c1-12(17(24)20-14-4-3-5-16(10-14)26-2)27-18(25)13-6-8-15(9-7-13)23-11-19-21-22-23/h3-12H,1-2H3,(H,20,24)/t12-/m1/s1. The van der Waals surface area contributed by atoms with Crippen molar-refractivity contribution in [3.8, 4) is 11.4 Å². The topological polar surface area (TPSA) is 108 Å². The van der Waals surface area contributed by atoms with Gasteiger partial charge in [0, 0.05) is 11.8 Å². The second kappa shape index (κ2) is 8.09. The number of tetrazole rings is 1. The Morgan fingerprint density at radius 3 is 2.59 bits per heavy atom. The van der Waals surface area contributed by atoms with Gasteiger partial charge >= 0.3 is 5.97 Å². The number of nitrogens with zero attached hydrogens (tertiary/aromatic N) is 4. The van der Waals surface area contributed by atoms with E-state index in [0.29, 0.717) is 22.7 Å². The van der Waals surface area contributed by atoms with Crippen LogP contribution in [0.1, 0.15) is 17.3 Å². The summed E-state index contributed by atoms with van der Waals surface area (Å²) in [7, 11) is 1.54. The Balaban J connectivity index is 1.60. The molecule has 2 aromatic carbocycles. The number of methoxy groups -OCH3 is 1. The molecular weight excluding hydrogens is 350 g/mol. The summed E-state index contributed by atoms with van der Waals surface area (Å²) in [6.45, 7) is 1.50. The van der Waals surface area contributed by atoms with Crippen LogP contribution in [-0.2, 0) is 9.53 Å². The summed E-state index contributed by atoms with van der Waals surface area (Å²) in [5.41, 5.74) is 1.56. The molecule has 0 saturated heterocycles. The molecule has 0 spiro atoms. The van der Waals surface area contributed by atoms with Gasteiger partial charge in [-0.2, -0.15) is 0 Å². The molecule has 3 rings (SSSR count). The fourth-order valence-corrected chi connectivity index (χ4v) is 2.26. The minimum Gasteiger partial charge on any atom is -0.497 e. The quantitative estimate of drug-likeness (QED) is 0.662. The van der Waals surface area contributed by atoms with Crippen molar-refractivity contribution < 1.29 is 19.1 Å². The van der Waals surface area contributed by atoms with Crippen LogP contribution in [0, 0.1) is 0 Å². The molecular formula is C18H17N5O4. The van der Waals surface area contributed by atoms with E-state index in [9.17, 15) is 9.59 Å². The Bertz CT molecular complexity index is 925. The van der Waals surface area contributed by atoms with Crippen LogP contribution in [0.2, 0.25) is 0 Å². The van der Waals surface area contributed by atoms with Crippen molar-refractivity contribution in [3.63, 3.8) is 0 Å². The zero-order valence-electron chi connectivity index (χ0n) is 14.7. The molecule has 9 nitrogen and oxygen atoms in total. The highest BCUT2D eigenvalue weighted by molar-refractivity contribution is 5.97. The first-order valence-electron chi connectivity index (χ1n) is 8.06. The van der Waals surface area contributed by atoms with E-state index in [1.54, 1.807) is 48.5 Å². The van der Waals surface area contributed by atoms with E-state index in [0.717, 1.165) is 0 Å². The zero-order chi connectivity index (χ0) is 19.2. The van der Waals surface area contributed by atoms with Crippen LogP contribution in [0.5, 0.6) is 5.75 Å². The molecule has 0 radical (unpaired) electrons. The minimum absolute atomic E-state index is 0.313. The molecule has 3 aromatic rings. The van der Waals surface area contributed by atoms with Gasteiger partial charge in [-0.3, -0.25) is 4.79 Å². The van der Waals surface area contributed by atoms with Crippen LogP contribution >= 0.6 is 0 Å². The lowest BCUT2D eigenvalue weighted by atomic mass is 10.2. The average molecular weight is 367 g/mol. The van der Waals surface area contributed by atoms with Crippen molar-refractivity contribution in [2.45, 2.75) is 13.0 Å². The van der Waals surface area contributed by atoms with E-state index in [-0.39, 0.29) is 0 Å². The lowest BCUT2D eigenvalue weighted by Crippen LogP contribution is -2.30. The molecule has 0 aliphatic rings. The largest absolute Gasteiger partial charge is 0.497 e. The second-order valence-electron chi connectivity index (χ2n) is 5.57. The third kappa shape index (κ3) is 4.46. The Kier molecular flexibility index (Phi) is 5.41. The lowest BCUT2D eigenvalue weighted by molar-refractivity contribution is -0.123. The van der Waals surface area contributed by atoms with Crippen molar-refractivity contribution in [3.05, 3.63) is 60.4 Å². The Morgan fingerprint density at radius 2 is 1.93 bits per heavy atom. The molecule has 1 heterocycles. The van der Waals surface area contributed by atoms with Gasteiger partial charge in [0.25, 0.3) is 5.91 Å². The van der Waals surface area contributed by atoms with Crippen LogP contribution in [-0.4, -0.2) is 45.3 Å². The van der Waals surface area contributed by atoms with Gasteiger partial charge in [0.05, 0.1) is 18.4 Å². The van der Waals surface area contributed by atoms with E-state index >= 15 is 0 Å². The molecule has 1 atom stereocenters. The maximum absolute atomic E-state index is 12.2. The van der Waals surface area contributed by atoms with E-state index in [4.69, 9.17) is 9.47 Å². The summed E-state index contributed by atoms with van der Waals surface area (Å²) in [5.74, 6) is -0.436. The summed E-state index contributed by atoms with van der Waals surface area (Å²) < 4.78 is 11.8. The Labute approximate surface area is 154 Å². The number of ether oxygens (including phenoxy) is 2. The third-order valence-corrected chi connectivity index (χ3v) is 3.71. The smallest absolute Gasteiger partial charge is 0.338 e. The lowest BCUT2D eigenvalue weighted by Gasteiger charge is -2.14. The maximum atomic E-state index is 12.2. The number of carbonyl (C=O) groups is 2. The van der Waals surface area contributed by atoms with Crippen LogP contribution in [0.4, 0.5) is 5.69 Å². The van der Waals surface area contributed by atoms with Crippen molar-refractivity contribution >= 4 is 17.6 Å². The first-order valence-corrected chi connectivity index (χ1v) is 8.06. The number of carbonyl (C=O) groups excluding carboxylic acids is 2. The van der Waals surface area contributed by atoms with Crippen LogP contribution < -0.4 is 10.1 Å². The normalized spacial score (nSPS) is 11.5. The minimum atomic E-state index is -0.970. The molecule has 27 heavy (non-hydrogen) atoms. The molecule has 1 N–H and O–H groups in total. The molecule has 0 unspecified atom stereocenters. The molecule has 0 bridgehead atoms. The summed E-state index contributed by atoms with van der Waals surface area (Å²) in [6, 6.07) is 13.4. The number of amides is 1. The monoisotopic (exact) mass is 367 g/mol. The number of anilines is 1. The van der Waals surface area contributed by atoms with Crippen LogP contribution in [0.3, 0.4) is 0 Å². The van der Waals surface area contributed by atoms with Crippen molar-refractivity contribution in [1.82, 2.24) is 20.2 Å². The average Bonchev–Trinajstić information content (AvgIpc) is 3.23. The predicted octanol–water partition coefficient (Wildman–Crippen LogP) is 1.85. The second-order valence-corrected chi connectivity index (χ2v) is 5.57. The predicted molar refractivity (Wildman–Crippen MR) is 95.7 cm³/mol. The molecule has 138 valence electrons. The van der Waals surface area contributed by atoms with E-state index in [1.165, 1.54) is 25.0 Å². The zero-order valence-corrected chi connectivity index (χ0v) is 14.7. The summed E-state index contributed by atoms with van der Waals surface area (Å²) in [5, 5.41) is 13.5. The number of hydrogen-bond acceptors (Lipinski definition) is 7. The Hall–Kier alpha value is -3.75. The third-order valence-electron chi connectivity index (χ3n) is 3.71. The number of esters is 1. The van der Waals surface area contributed by atoms with E-state index in [1.807, 2.05) is 0 Å². The van der Waals surface area contributed by atoms with Gasteiger partial charge in [-0.1, -0.05) is 6.07 Å². The summed E-state index contributed by atoms with van der Waals surface area (Å²) in [6.07, 6.45) is 0.473. The number of nitrogens with one attached hydrogen (secondary N) is 1. The van der Waals surface area contributed by atoms with Crippen LogP contribution in [0.15, 0.2) is 54.9 Å². The van der Waals surface area contributed by atoms with Crippen molar-refractivity contribution in [2.24, 2.45) is 0 Å². The highest BCUT2D eigenvalue weighted by Gasteiger charge is 2.19. The van der Waals surface area contributed by atoms with Crippen molar-refractivity contribution in [1.29, 1.82) is 0 Å². The first kappa shape index (κ1) is 18.1. The highest BCUT2D eigenvalue weighted by Crippen LogP contribution is 2.17. The SMILES string of the molecule is COc1cccc(NC(=O)[C@@H](C)OC(=O)c2ccc(-n3cnnn3)cc2)c1. The summed E-state index contributed by atoms with van der Waals surface area (Å²) in [4.78, 5) is 24.5. The molecule has 0 saturated carbocycles. The summed E-state index contributed by atoms with van der Waals surface area (Å²) >= 11 is 0. The number of rotatable bonds is 6. The number of benzene rings is 2. The molecule has 1 amide bonds. The molecule has 1 aromatic heterocycles. The van der Waals surface area contributed by atoms with Gasteiger partial charge in [0.15, 0.2) is 6.10 Å². The van der Waals surface area contributed by atoms with Gasteiger partial charge in [-0.25, -0.2) is 9.48 Å². The van der Waals surface area contributed by atoms with Crippen LogP contribution in [0.25, 0.3) is 5.69 Å². The van der Waals surface area contributed by atoms with Gasteiger partial charge < -0.3 is 14.8 Å². The van der Waals surface area contributed by atoms with Gasteiger partial charge in [-0.05, 0) is 53.7 Å². The van der Waals surface area contributed by atoms with Gasteiger partial charge in [-0.15, -0.1) is 5.10 Å². The fourth-order valence-electron chi connectivity index (χ4n) is 2.26. The van der Waals surface area contributed by atoms with E-state index < -0.39 is 18.0 Å². The fraction of sp³-hybridized carbons (Fsp3) is 0.167.